The minimum atomic E-state index is 0. The predicted molar refractivity (Wildman–Crippen MR) is 39.7 cm³/mol. The molecule has 1 aromatic carbocycles. The number of epoxide rings is 1. The van der Waals surface area contributed by atoms with Crippen LogP contribution in [0.5, 0.6) is 0 Å². The average molecular weight is 161 g/mol. The third-order valence-corrected chi connectivity index (χ3v) is 1.67. The average Bonchev–Trinajstić information content (AvgIpc) is 2.68. The Bertz CT molecular complexity index is 248. The van der Waals surface area contributed by atoms with E-state index in [1.807, 2.05) is 24.3 Å². The van der Waals surface area contributed by atoms with Crippen LogP contribution in [0.2, 0.25) is 5.02 Å². The fourth-order valence-corrected chi connectivity index (χ4v) is 1.05. The zero-order valence-electron chi connectivity index (χ0n) is 6.30. The van der Waals surface area contributed by atoms with Gasteiger partial charge in [-0.05, 0) is 11.1 Å². The van der Waals surface area contributed by atoms with Crippen molar-refractivity contribution in [1.82, 2.24) is 0 Å². The van der Waals surface area contributed by atoms with Gasteiger partial charge in [-0.15, -0.1) is 12.1 Å². The SMILES string of the molecule is Clc1cccc([C-]2CO2)c1.[Li+]. The van der Waals surface area contributed by atoms with Gasteiger partial charge in [0.2, 0.25) is 0 Å². The fraction of sp³-hybridized carbons (Fsp3) is 0.125. The van der Waals surface area contributed by atoms with Crippen LogP contribution in [0, 0.1) is 6.10 Å². The second-order valence-corrected chi connectivity index (χ2v) is 2.66. The van der Waals surface area contributed by atoms with Crippen LogP contribution >= 0.6 is 11.6 Å². The standard InChI is InChI=1S/C8H6ClO.Li/c9-7-3-1-2-6(4-7)8-5-10-8;/h1-4H,5H2;/q-1;+1. The van der Waals surface area contributed by atoms with E-state index in [4.69, 9.17) is 16.3 Å². The van der Waals surface area contributed by atoms with Crippen molar-refractivity contribution in [2.45, 2.75) is 0 Å². The maximum atomic E-state index is 5.75. The second kappa shape index (κ2) is 3.56. The number of halogens is 1. The van der Waals surface area contributed by atoms with E-state index >= 15 is 0 Å². The summed E-state index contributed by atoms with van der Waals surface area (Å²) in [5.41, 5.74) is 1.10. The summed E-state index contributed by atoms with van der Waals surface area (Å²) in [6.45, 7) is 0.764. The molecule has 3 heteroatoms. The molecule has 0 aromatic heterocycles. The van der Waals surface area contributed by atoms with Gasteiger partial charge in [-0.1, -0.05) is 17.7 Å². The van der Waals surface area contributed by atoms with Crippen LogP contribution in [0.15, 0.2) is 24.3 Å². The quantitative estimate of drug-likeness (QED) is 0.299. The van der Waals surface area contributed by atoms with Crippen LogP contribution in [-0.4, -0.2) is 6.61 Å². The third-order valence-electron chi connectivity index (χ3n) is 1.44. The molecule has 1 saturated heterocycles. The molecule has 1 aliphatic rings. The van der Waals surface area contributed by atoms with Gasteiger partial charge in [-0.25, -0.2) is 0 Å². The molecule has 11 heavy (non-hydrogen) atoms. The van der Waals surface area contributed by atoms with E-state index in [1.54, 1.807) is 0 Å². The molecule has 2 rings (SSSR count). The number of benzene rings is 1. The first kappa shape index (κ1) is 9.03. The van der Waals surface area contributed by atoms with Crippen molar-refractivity contribution in [2.75, 3.05) is 6.61 Å². The van der Waals surface area contributed by atoms with Gasteiger partial charge in [0.15, 0.2) is 0 Å². The van der Waals surface area contributed by atoms with Crippen molar-refractivity contribution in [3.05, 3.63) is 41.0 Å². The Morgan fingerprint density at radius 2 is 2.18 bits per heavy atom. The van der Waals surface area contributed by atoms with Crippen LogP contribution in [0.4, 0.5) is 0 Å². The monoisotopic (exact) mass is 160 g/mol. The van der Waals surface area contributed by atoms with Crippen molar-refractivity contribution in [3.63, 3.8) is 0 Å². The predicted octanol–water partition coefficient (Wildman–Crippen LogP) is -0.746. The Balaban J connectivity index is 0.000000605. The van der Waals surface area contributed by atoms with E-state index in [1.165, 1.54) is 0 Å². The van der Waals surface area contributed by atoms with Gasteiger partial charge < -0.3 is 4.74 Å². The van der Waals surface area contributed by atoms with E-state index in [2.05, 4.69) is 0 Å². The van der Waals surface area contributed by atoms with Crippen LogP contribution < -0.4 is 18.9 Å². The topological polar surface area (TPSA) is 12.5 Å². The summed E-state index contributed by atoms with van der Waals surface area (Å²) in [4.78, 5) is 0. The molecule has 0 amide bonds. The van der Waals surface area contributed by atoms with E-state index in [0.29, 0.717) is 0 Å². The third kappa shape index (κ3) is 2.18. The normalized spacial score (nSPS) is 14.1. The molecule has 1 fully saturated rings. The summed E-state index contributed by atoms with van der Waals surface area (Å²) in [5.74, 6) is 0. The van der Waals surface area contributed by atoms with E-state index in [0.717, 1.165) is 23.3 Å². The number of ether oxygens (including phenoxy) is 1. The van der Waals surface area contributed by atoms with Crippen molar-refractivity contribution in [2.24, 2.45) is 0 Å². The summed E-state index contributed by atoms with van der Waals surface area (Å²) < 4.78 is 5.01. The molecule has 0 aliphatic carbocycles. The van der Waals surface area contributed by atoms with Gasteiger partial charge in [-0.2, -0.15) is 11.6 Å². The zero-order chi connectivity index (χ0) is 6.97. The molecule has 0 radical (unpaired) electrons. The molecule has 1 aliphatic heterocycles. The summed E-state index contributed by atoms with van der Waals surface area (Å²) in [6.07, 6.45) is 1.04. The first-order valence-corrected chi connectivity index (χ1v) is 3.48. The van der Waals surface area contributed by atoms with Crippen molar-refractivity contribution >= 4 is 11.6 Å². The largest absolute Gasteiger partial charge is 1.00 e. The Morgan fingerprint density at radius 3 is 2.73 bits per heavy atom. The van der Waals surface area contributed by atoms with E-state index < -0.39 is 0 Å². The molecular weight excluding hydrogens is 154 g/mol. The Kier molecular flexibility index (Phi) is 2.92. The first-order valence-electron chi connectivity index (χ1n) is 3.11. The van der Waals surface area contributed by atoms with Crippen molar-refractivity contribution < 1.29 is 23.6 Å². The van der Waals surface area contributed by atoms with E-state index in [-0.39, 0.29) is 18.9 Å². The molecule has 52 valence electrons. The molecule has 0 atom stereocenters. The molecule has 0 N–H and O–H groups in total. The minimum Gasteiger partial charge on any atom is -0.414 e. The molecule has 1 nitrogen and oxygen atoms in total. The Hall–Kier alpha value is -0.0626. The maximum absolute atomic E-state index is 5.75. The Morgan fingerprint density at radius 1 is 1.45 bits per heavy atom. The molecule has 0 saturated carbocycles. The maximum Gasteiger partial charge on any atom is 1.00 e. The fourth-order valence-electron chi connectivity index (χ4n) is 0.865. The molecule has 0 unspecified atom stereocenters. The van der Waals surface area contributed by atoms with Gasteiger partial charge in [0.25, 0.3) is 0 Å². The van der Waals surface area contributed by atoms with Crippen molar-refractivity contribution in [1.29, 1.82) is 0 Å². The smallest absolute Gasteiger partial charge is 0.414 e. The van der Waals surface area contributed by atoms with Gasteiger partial charge in [0, 0.05) is 6.61 Å². The van der Waals surface area contributed by atoms with Crippen LogP contribution in [0.25, 0.3) is 0 Å². The molecule has 0 spiro atoms. The number of rotatable bonds is 1. The number of hydrogen-bond acceptors (Lipinski definition) is 1. The summed E-state index contributed by atoms with van der Waals surface area (Å²) in [7, 11) is 0. The molecular formula is C8H6ClLiO. The van der Waals surface area contributed by atoms with Crippen molar-refractivity contribution in [3.8, 4) is 0 Å². The van der Waals surface area contributed by atoms with E-state index in [9.17, 15) is 0 Å². The summed E-state index contributed by atoms with van der Waals surface area (Å²) in [5, 5.41) is 0.764. The van der Waals surface area contributed by atoms with Gasteiger partial charge >= 0.3 is 18.9 Å². The first-order chi connectivity index (χ1) is 4.86. The minimum absolute atomic E-state index is 0. The molecule has 1 heterocycles. The molecule has 1 aromatic rings. The zero-order valence-corrected chi connectivity index (χ0v) is 7.06. The Labute approximate surface area is 82.9 Å². The van der Waals surface area contributed by atoms with Gasteiger partial charge in [0.05, 0.1) is 0 Å². The second-order valence-electron chi connectivity index (χ2n) is 2.22. The molecule has 0 bridgehead atoms. The summed E-state index contributed by atoms with van der Waals surface area (Å²) >= 11 is 5.75. The van der Waals surface area contributed by atoms with Gasteiger partial charge in [0.1, 0.15) is 0 Å². The summed E-state index contributed by atoms with van der Waals surface area (Å²) in [6, 6.07) is 7.68. The van der Waals surface area contributed by atoms with Crippen LogP contribution in [-0.2, 0) is 4.74 Å². The number of hydrogen-bond donors (Lipinski definition) is 0. The van der Waals surface area contributed by atoms with Crippen LogP contribution in [0.3, 0.4) is 0 Å². The van der Waals surface area contributed by atoms with Crippen LogP contribution in [0.1, 0.15) is 5.56 Å². The van der Waals surface area contributed by atoms with Gasteiger partial charge in [-0.3, -0.25) is 0 Å².